The van der Waals surface area contributed by atoms with Gasteiger partial charge in [-0.3, -0.25) is 5.32 Å². The second-order valence-corrected chi connectivity index (χ2v) is 9.04. The summed E-state index contributed by atoms with van der Waals surface area (Å²) in [4.78, 5) is 8.72. The van der Waals surface area contributed by atoms with E-state index >= 15 is 0 Å². The maximum absolute atomic E-state index is 10.6. The molecular weight excluding hydrogens is 484 g/mol. The molecule has 12 nitrogen and oxygen atoms in total. The molecule has 5 N–H and O–H groups in total. The Labute approximate surface area is 217 Å². The molecule has 12 heteroatoms. The number of allylic oxidation sites excluding steroid dienone is 2. The second kappa shape index (κ2) is 10.00. The molecule has 3 unspecified atom stereocenters. The van der Waals surface area contributed by atoms with Crippen LogP contribution in [0, 0.1) is 0 Å². The minimum absolute atomic E-state index is 0.0380. The molecule has 6 rings (SSSR count). The zero-order chi connectivity index (χ0) is 26.1. The number of ether oxygens (including phenoxy) is 1. The number of methoxy groups -OCH3 is 1. The summed E-state index contributed by atoms with van der Waals surface area (Å²) in [7, 11) is 1.59. The van der Waals surface area contributed by atoms with Crippen LogP contribution in [-0.4, -0.2) is 52.6 Å². The van der Waals surface area contributed by atoms with Crippen molar-refractivity contribution in [1.29, 1.82) is 0 Å². The number of tetrazole rings is 1. The van der Waals surface area contributed by atoms with Gasteiger partial charge < -0.3 is 15.6 Å². The number of anilines is 1. The van der Waals surface area contributed by atoms with E-state index in [0.29, 0.717) is 46.2 Å². The Kier molecular flexibility index (Phi) is 6.23. The lowest BCUT2D eigenvalue weighted by atomic mass is 10.1. The third-order valence-electron chi connectivity index (χ3n) is 6.75. The molecule has 1 aliphatic rings. The van der Waals surface area contributed by atoms with Crippen LogP contribution in [0.1, 0.15) is 41.6 Å². The van der Waals surface area contributed by atoms with E-state index < -0.39 is 6.23 Å². The molecule has 38 heavy (non-hydrogen) atoms. The monoisotopic (exact) mass is 510 g/mol. The fraction of sp³-hybridized carbons (Fsp3) is 0.231. The first-order valence-corrected chi connectivity index (χ1v) is 12.2. The number of benzene rings is 2. The van der Waals surface area contributed by atoms with E-state index in [1.165, 1.54) is 6.33 Å². The van der Waals surface area contributed by atoms with Crippen molar-refractivity contribution in [3.8, 4) is 17.0 Å². The number of fused-ring (bicyclic) bond motifs is 1. The molecule has 0 fully saturated rings. The van der Waals surface area contributed by atoms with Gasteiger partial charge in [-0.25, -0.2) is 14.6 Å². The second-order valence-electron chi connectivity index (χ2n) is 9.04. The van der Waals surface area contributed by atoms with Crippen molar-refractivity contribution < 1.29 is 9.84 Å². The molecule has 0 bridgehead atoms. The molecule has 0 radical (unpaired) electrons. The van der Waals surface area contributed by atoms with Gasteiger partial charge in [0, 0.05) is 23.6 Å². The van der Waals surface area contributed by atoms with E-state index in [1.807, 2.05) is 53.2 Å². The number of nitrogens with zero attached hydrogens (tertiary/aromatic N) is 7. The molecule has 0 saturated carbocycles. The molecule has 0 saturated heterocycles. The lowest BCUT2D eigenvalue weighted by Gasteiger charge is -2.16. The molecule has 0 amide bonds. The number of rotatable bonds is 8. The first kappa shape index (κ1) is 23.7. The number of aromatic amines is 1. The third-order valence-corrected chi connectivity index (χ3v) is 6.75. The molecule has 5 aromatic rings. The number of aliphatic hydroxyl groups excluding tert-OH is 1. The van der Waals surface area contributed by atoms with Crippen LogP contribution < -0.4 is 15.8 Å². The van der Waals surface area contributed by atoms with Crippen LogP contribution in [0.5, 0.6) is 5.75 Å². The van der Waals surface area contributed by atoms with E-state index in [2.05, 4.69) is 48.1 Å². The molecule has 0 spiro atoms. The zero-order valence-electron chi connectivity index (χ0n) is 20.6. The summed E-state index contributed by atoms with van der Waals surface area (Å²) in [5, 5.41) is 33.8. The van der Waals surface area contributed by atoms with Gasteiger partial charge in [0.15, 0.2) is 11.5 Å². The van der Waals surface area contributed by atoms with Crippen molar-refractivity contribution in [2.24, 2.45) is 0 Å². The fourth-order valence-corrected chi connectivity index (χ4v) is 4.81. The average Bonchev–Trinajstić information content (AvgIpc) is 3.72. The van der Waals surface area contributed by atoms with Crippen molar-refractivity contribution in [2.75, 3.05) is 12.8 Å². The Balaban J connectivity index is 1.23. The first-order valence-electron chi connectivity index (χ1n) is 12.2. The van der Waals surface area contributed by atoms with Crippen molar-refractivity contribution in [3.05, 3.63) is 84.0 Å². The van der Waals surface area contributed by atoms with E-state index in [9.17, 15) is 5.11 Å². The number of hydrogen-bond donors (Lipinski definition) is 4. The quantitative estimate of drug-likeness (QED) is 0.180. The molecule has 2 aromatic carbocycles. The Hall–Kier alpha value is -4.68. The third kappa shape index (κ3) is 4.35. The average molecular weight is 511 g/mol. The number of nitrogens with one attached hydrogen (secondary N) is 2. The van der Waals surface area contributed by atoms with Gasteiger partial charge in [-0.2, -0.15) is 10.3 Å². The minimum atomic E-state index is -0.863. The highest BCUT2D eigenvalue weighted by Gasteiger charge is 2.28. The summed E-state index contributed by atoms with van der Waals surface area (Å²) < 4.78 is 7.23. The fourth-order valence-electron chi connectivity index (χ4n) is 4.81. The van der Waals surface area contributed by atoms with E-state index in [4.69, 9.17) is 15.6 Å². The normalized spacial score (nSPS) is 17.7. The Morgan fingerprint density at radius 2 is 2.00 bits per heavy atom. The van der Waals surface area contributed by atoms with Gasteiger partial charge in [0.05, 0.1) is 18.5 Å². The number of hydrogen-bond acceptors (Lipinski definition) is 10. The number of aromatic nitrogens is 8. The summed E-state index contributed by atoms with van der Waals surface area (Å²) >= 11 is 0. The Morgan fingerprint density at radius 1 is 1.16 bits per heavy atom. The standard InChI is InChI=1S/C26H26N10O2/c1-38-20-5-3-2-4-19(20)26(37)28-13-15-6-8-16(9-7-15)22-21-23(27)29-14-30-25(21)36(33-22)18-11-10-17(12-18)24-31-34-35-32-24/h2-11,14,17-18,26,28,37H,12-13H2,1H3,(H2,27,29,30)(H,31,32,34,35). The lowest BCUT2D eigenvalue weighted by Crippen LogP contribution is -2.20. The highest BCUT2D eigenvalue weighted by atomic mass is 16.5. The van der Waals surface area contributed by atoms with Crippen LogP contribution in [-0.2, 0) is 6.54 Å². The SMILES string of the molecule is COc1ccccc1C(O)NCc1ccc(-c2nn(C3C=CC(c4nn[nH]n4)C3)c3ncnc(N)c23)cc1. The highest BCUT2D eigenvalue weighted by Crippen LogP contribution is 2.37. The predicted molar refractivity (Wildman–Crippen MR) is 140 cm³/mol. The summed E-state index contributed by atoms with van der Waals surface area (Å²) in [6, 6.07) is 15.3. The maximum Gasteiger partial charge on any atom is 0.181 e. The van der Waals surface area contributed by atoms with Crippen LogP contribution in [0.25, 0.3) is 22.3 Å². The van der Waals surface area contributed by atoms with Crippen LogP contribution in [0.3, 0.4) is 0 Å². The molecule has 3 heterocycles. The Morgan fingerprint density at radius 3 is 2.79 bits per heavy atom. The highest BCUT2D eigenvalue weighted by molar-refractivity contribution is 5.98. The largest absolute Gasteiger partial charge is 0.496 e. The minimum Gasteiger partial charge on any atom is -0.496 e. The van der Waals surface area contributed by atoms with Crippen LogP contribution >= 0.6 is 0 Å². The predicted octanol–water partition coefficient (Wildman–Crippen LogP) is 2.66. The topological polar surface area (TPSA) is 166 Å². The van der Waals surface area contributed by atoms with E-state index in [0.717, 1.165) is 17.5 Å². The Bertz CT molecular complexity index is 1580. The molecule has 192 valence electrons. The molecule has 3 atom stereocenters. The van der Waals surface area contributed by atoms with Gasteiger partial charge in [0.2, 0.25) is 0 Å². The van der Waals surface area contributed by atoms with Gasteiger partial charge in [0.1, 0.15) is 29.8 Å². The first-order chi connectivity index (χ1) is 18.6. The number of H-pyrrole nitrogens is 1. The lowest BCUT2D eigenvalue weighted by molar-refractivity contribution is 0.133. The summed E-state index contributed by atoms with van der Waals surface area (Å²) in [6.07, 6.45) is 5.47. The van der Waals surface area contributed by atoms with E-state index in [-0.39, 0.29) is 12.0 Å². The maximum atomic E-state index is 10.6. The van der Waals surface area contributed by atoms with Crippen LogP contribution in [0.15, 0.2) is 67.0 Å². The number of nitrogens with two attached hydrogens (primary N) is 1. The van der Waals surface area contributed by atoms with E-state index in [1.54, 1.807) is 7.11 Å². The van der Waals surface area contributed by atoms with Crippen molar-refractivity contribution >= 4 is 16.9 Å². The molecule has 3 aromatic heterocycles. The molecule has 0 aliphatic heterocycles. The van der Waals surface area contributed by atoms with Crippen molar-refractivity contribution in [1.82, 2.24) is 45.7 Å². The van der Waals surface area contributed by atoms with Gasteiger partial charge in [-0.15, -0.1) is 10.2 Å². The number of nitrogen functional groups attached to an aromatic ring is 1. The summed E-state index contributed by atoms with van der Waals surface area (Å²) in [5.74, 6) is 1.69. The smallest absolute Gasteiger partial charge is 0.181 e. The number of para-hydroxylation sites is 1. The van der Waals surface area contributed by atoms with Crippen LogP contribution in [0.2, 0.25) is 0 Å². The summed E-state index contributed by atoms with van der Waals surface area (Å²) in [5.41, 5.74) is 10.2. The zero-order valence-corrected chi connectivity index (χ0v) is 20.6. The number of aliphatic hydroxyl groups is 1. The van der Waals surface area contributed by atoms with Crippen molar-refractivity contribution in [3.63, 3.8) is 0 Å². The molecule has 1 aliphatic carbocycles. The van der Waals surface area contributed by atoms with Gasteiger partial charge in [-0.05, 0) is 18.1 Å². The summed E-state index contributed by atoms with van der Waals surface area (Å²) in [6.45, 7) is 0.463. The van der Waals surface area contributed by atoms with Crippen LogP contribution in [0.4, 0.5) is 5.82 Å². The van der Waals surface area contributed by atoms with Gasteiger partial charge in [-0.1, -0.05) is 59.8 Å². The molecular formula is C26H26N10O2. The van der Waals surface area contributed by atoms with Gasteiger partial charge in [0.25, 0.3) is 0 Å². The van der Waals surface area contributed by atoms with Gasteiger partial charge >= 0.3 is 0 Å². The van der Waals surface area contributed by atoms with Crippen molar-refractivity contribution in [2.45, 2.75) is 31.2 Å².